The lowest BCUT2D eigenvalue weighted by atomic mass is 10.2. The first-order valence-corrected chi connectivity index (χ1v) is 6.12. The molecule has 1 unspecified atom stereocenters. The summed E-state index contributed by atoms with van der Waals surface area (Å²) in [6, 6.07) is 5.34. The van der Waals surface area contributed by atoms with Crippen LogP contribution in [0.2, 0.25) is 5.02 Å². The second-order valence-electron chi connectivity index (χ2n) is 3.20. The Balaban J connectivity index is 2.42. The van der Waals surface area contributed by atoms with Gasteiger partial charge in [0.25, 0.3) is 5.89 Å². The molecule has 0 fully saturated rings. The van der Waals surface area contributed by atoms with Gasteiger partial charge in [-0.05, 0) is 41.1 Å². The van der Waals surface area contributed by atoms with E-state index in [0.29, 0.717) is 16.7 Å². The highest BCUT2D eigenvalue weighted by molar-refractivity contribution is 9.10. The molecule has 2 aromatic rings. The highest BCUT2D eigenvalue weighted by Crippen LogP contribution is 2.30. The zero-order valence-corrected chi connectivity index (χ0v) is 11.3. The molecule has 0 aliphatic heterocycles. The molecule has 0 spiro atoms. The molecule has 6 heteroatoms. The first kappa shape index (κ1) is 11.9. The van der Waals surface area contributed by atoms with Gasteiger partial charge in [-0.15, -0.1) is 11.6 Å². The van der Waals surface area contributed by atoms with Crippen molar-refractivity contribution in [2.75, 3.05) is 0 Å². The minimum absolute atomic E-state index is 0.274. The summed E-state index contributed by atoms with van der Waals surface area (Å²) in [6.07, 6.45) is 0. The zero-order chi connectivity index (χ0) is 11.7. The molecule has 0 radical (unpaired) electrons. The fourth-order valence-electron chi connectivity index (χ4n) is 1.17. The standard InChI is InChI=1S/C10H7BrCl2N2O/c1-5(12)9-14-10(16-15-9)7-3-2-6(13)4-8(7)11/h2-5H,1H3. The van der Waals surface area contributed by atoms with Crippen LogP contribution in [0.4, 0.5) is 0 Å². The number of nitrogens with zero attached hydrogens (tertiary/aromatic N) is 2. The Bertz CT molecular complexity index is 513. The van der Waals surface area contributed by atoms with Crippen LogP contribution in [0.25, 0.3) is 11.5 Å². The van der Waals surface area contributed by atoms with Gasteiger partial charge in [0.1, 0.15) is 0 Å². The molecular formula is C10H7BrCl2N2O. The zero-order valence-electron chi connectivity index (χ0n) is 8.25. The summed E-state index contributed by atoms with van der Waals surface area (Å²) in [7, 11) is 0. The molecule has 1 heterocycles. The summed E-state index contributed by atoms with van der Waals surface area (Å²) in [5.41, 5.74) is 0.792. The van der Waals surface area contributed by atoms with Crippen LogP contribution in [0.3, 0.4) is 0 Å². The van der Waals surface area contributed by atoms with Gasteiger partial charge in [0, 0.05) is 9.50 Å². The number of aromatic nitrogens is 2. The van der Waals surface area contributed by atoms with Crippen molar-refractivity contribution < 1.29 is 4.52 Å². The lowest BCUT2D eigenvalue weighted by molar-refractivity contribution is 0.422. The number of hydrogen-bond donors (Lipinski definition) is 0. The van der Waals surface area contributed by atoms with E-state index < -0.39 is 0 Å². The van der Waals surface area contributed by atoms with E-state index in [1.165, 1.54) is 0 Å². The maximum absolute atomic E-state index is 5.85. The Hall–Kier alpha value is -0.580. The SMILES string of the molecule is CC(Cl)c1noc(-c2ccc(Cl)cc2Br)n1. The average Bonchev–Trinajstić information content (AvgIpc) is 2.66. The van der Waals surface area contributed by atoms with Crippen molar-refractivity contribution in [1.29, 1.82) is 0 Å². The van der Waals surface area contributed by atoms with Crippen molar-refractivity contribution in [2.24, 2.45) is 0 Å². The summed E-state index contributed by atoms with van der Waals surface area (Å²) >= 11 is 15.1. The largest absolute Gasteiger partial charge is 0.334 e. The van der Waals surface area contributed by atoms with E-state index >= 15 is 0 Å². The summed E-state index contributed by atoms with van der Waals surface area (Å²) in [5.74, 6) is 0.893. The molecule has 0 saturated carbocycles. The molecule has 0 bridgehead atoms. The molecule has 0 amide bonds. The molecule has 1 atom stereocenters. The quantitative estimate of drug-likeness (QED) is 0.767. The fourth-order valence-corrected chi connectivity index (χ4v) is 2.11. The maximum atomic E-state index is 5.85. The van der Waals surface area contributed by atoms with Crippen LogP contribution in [-0.2, 0) is 0 Å². The first-order valence-electron chi connectivity index (χ1n) is 4.51. The Morgan fingerprint density at radius 3 is 2.75 bits per heavy atom. The van der Waals surface area contributed by atoms with Crippen LogP contribution in [0.1, 0.15) is 18.1 Å². The van der Waals surface area contributed by atoms with Gasteiger partial charge in [0.05, 0.1) is 10.9 Å². The van der Waals surface area contributed by atoms with Crippen molar-refractivity contribution >= 4 is 39.1 Å². The van der Waals surface area contributed by atoms with Crippen molar-refractivity contribution in [1.82, 2.24) is 10.1 Å². The van der Waals surface area contributed by atoms with E-state index in [2.05, 4.69) is 26.1 Å². The van der Waals surface area contributed by atoms with Gasteiger partial charge >= 0.3 is 0 Å². The smallest absolute Gasteiger partial charge is 0.259 e. The van der Waals surface area contributed by atoms with E-state index in [1.807, 2.05) is 6.07 Å². The van der Waals surface area contributed by atoms with Crippen LogP contribution in [0.5, 0.6) is 0 Å². The molecule has 16 heavy (non-hydrogen) atoms. The van der Waals surface area contributed by atoms with Gasteiger partial charge in [0.15, 0.2) is 5.82 Å². The third-order valence-electron chi connectivity index (χ3n) is 1.96. The Labute approximate surface area is 111 Å². The molecule has 1 aromatic carbocycles. The predicted octanol–water partition coefficient (Wildman–Crippen LogP) is 4.45. The normalized spacial score (nSPS) is 12.8. The third-order valence-corrected chi connectivity index (χ3v) is 3.05. The van der Waals surface area contributed by atoms with Gasteiger partial charge in [0.2, 0.25) is 0 Å². The van der Waals surface area contributed by atoms with Crippen molar-refractivity contribution in [3.05, 3.63) is 33.5 Å². The number of benzene rings is 1. The Morgan fingerprint density at radius 1 is 1.44 bits per heavy atom. The summed E-state index contributed by atoms with van der Waals surface area (Å²) < 4.78 is 5.92. The van der Waals surface area contributed by atoms with Gasteiger partial charge < -0.3 is 4.52 Å². The Morgan fingerprint density at radius 2 is 2.19 bits per heavy atom. The van der Waals surface area contributed by atoms with E-state index in [-0.39, 0.29) is 5.38 Å². The van der Waals surface area contributed by atoms with Crippen LogP contribution in [0.15, 0.2) is 27.2 Å². The Kier molecular flexibility index (Phi) is 3.52. The molecule has 0 aliphatic rings. The van der Waals surface area contributed by atoms with E-state index in [0.717, 1.165) is 10.0 Å². The molecule has 84 valence electrons. The molecular weight excluding hydrogens is 315 g/mol. The minimum Gasteiger partial charge on any atom is -0.334 e. The van der Waals surface area contributed by atoms with Crippen LogP contribution < -0.4 is 0 Å². The summed E-state index contributed by atoms with van der Waals surface area (Å²) in [5, 5.41) is 4.15. The predicted molar refractivity (Wildman–Crippen MR) is 66.7 cm³/mol. The van der Waals surface area contributed by atoms with E-state index in [1.54, 1.807) is 19.1 Å². The first-order chi connectivity index (χ1) is 7.58. The number of hydrogen-bond acceptors (Lipinski definition) is 3. The lowest BCUT2D eigenvalue weighted by Gasteiger charge is -1.98. The second kappa shape index (κ2) is 4.73. The number of rotatable bonds is 2. The van der Waals surface area contributed by atoms with E-state index in [4.69, 9.17) is 27.7 Å². The van der Waals surface area contributed by atoms with Gasteiger partial charge in [-0.1, -0.05) is 16.8 Å². The molecule has 0 aliphatic carbocycles. The fraction of sp³-hybridized carbons (Fsp3) is 0.200. The molecule has 0 saturated heterocycles. The van der Waals surface area contributed by atoms with Crippen LogP contribution >= 0.6 is 39.1 Å². The maximum Gasteiger partial charge on any atom is 0.259 e. The highest BCUT2D eigenvalue weighted by atomic mass is 79.9. The summed E-state index contributed by atoms with van der Waals surface area (Å²) in [6.45, 7) is 1.78. The number of alkyl halides is 1. The van der Waals surface area contributed by atoms with Crippen molar-refractivity contribution in [3.8, 4) is 11.5 Å². The molecule has 2 rings (SSSR count). The minimum atomic E-state index is -0.274. The van der Waals surface area contributed by atoms with Crippen molar-refractivity contribution in [3.63, 3.8) is 0 Å². The van der Waals surface area contributed by atoms with E-state index in [9.17, 15) is 0 Å². The van der Waals surface area contributed by atoms with Crippen LogP contribution in [0, 0.1) is 0 Å². The molecule has 0 N–H and O–H groups in total. The van der Waals surface area contributed by atoms with Gasteiger partial charge in [-0.2, -0.15) is 4.98 Å². The van der Waals surface area contributed by atoms with Crippen molar-refractivity contribution in [2.45, 2.75) is 12.3 Å². The van der Waals surface area contributed by atoms with Gasteiger partial charge in [-0.25, -0.2) is 0 Å². The lowest BCUT2D eigenvalue weighted by Crippen LogP contribution is -1.87. The number of halogens is 3. The second-order valence-corrected chi connectivity index (χ2v) is 5.14. The molecule has 3 nitrogen and oxygen atoms in total. The average molecular weight is 322 g/mol. The van der Waals surface area contributed by atoms with Crippen LogP contribution in [-0.4, -0.2) is 10.1 Å². The topological polar surface area (TPSA) is 38.9 Å². The monoisotopic (exact) mass is 320 g/mol. The third kappa shape index (κ3) is 2.39. The summed E-state index contributed by atoms with van der Waals surface area (Å²) in [4.78, 5) is 4.19. The van der Waals surface area contributed by atoms with Gasteiger partial charge in [-0.3, -0.25) is 0 Å². The molecule has 1 aromatic heterocycles. The highest BCUT2D eigenvalue weighted by Gasteiger charge is 2.14.